The number of benzene rings is 2. The van der Waals surface area contributed by atoms with Crippen LogP contribution in [0.4, 0.5) is 0 Å². The third-order valence-electron chi connectivity index (χ3n) is 6.21. The average Bonchev–Trinajstić information content (AvgIpc) is 3.24. The molecule has 0 spiro atoms. The van der Waals surface area contributed by atoms with Gasteiger partial charge in [0.2, 0.25) is 0 Å². The van der Waals surface area contributed by atoms with Crippen LogP contribution in [0.2, 0.25) is 0 Å². The summed E-state index contributed by atoms with van der Waals surface area (Å²) in [6.07, 6.45) is 3.36. The second-order valence-corrected chi connectivity index (χ2v) is 8.08. The molecule has 0 bridgehead atoms. The van der Waals surface area contributed by atoms with E-state index in [1.54, 1.807) is 0 Å². The molecule has 28 heavy (non-hydrogen) atoms. The van der Waals surface area contributed by atoms with E-state index in [1.807, 2.05) is 35.2 Å². The standard InChI is InChI=1S/C24H31N3O/c28-24(21-9-5-2-6-10-21)27-16-12-23(13-17-27)25-14-18-26-15-11-22(19-26)20-7-3-1-4-8-20/h1-10,22-23,25H,11-19H2. The van der Waals surface area contributed by atoms with Gasteiger partial charge in [-0.1, -0.05) is 48.5 Å². The molecule has 4 heteroatoms. The number of hydrogen-bond donors (Lipinski definition) is 1. The summed E-state index contributed by atoms with van der Waals surface area (Å²) in [7, 11) is 0. The molecule has 2 aliphatic heterocycles. The highest BCUT2D eigenvalue weighted by atomic mass is 16.2. The van der Waals surface area contributed by atoms with Gasteiger partial charge >= 0.3 is 0 Å². The summed E-state index contributed by atoms with van der Waals surface area (Å²) in [5.41, 5.74) is 2.28. The lowest BCUT2D eigenvalue weighted by atomic mass is 9.99. The first-order valence-corrected chi connectivity index (χ1v) is 10.6. The number of nitrogens with zero attached hydrogens (tertiary/aromatic N) is 2. The highest BCUT2D eigenvalue weighted by molar-refractivity contribution is 5.94. The summed E-state index contributed by atoms with van der Waals surface area (Å²) in [6.45, 7) is 6.24. The third kappa shape index (κ3) is 4.81. The molecule has 1 N–H and O–H groups in total. The molecule has 0 aromatic heterocycles. The van der Waals surface area contributed by atoms with E-state index in [-0.39, 0.29) is 5.91 Å². The monoisotopic (exact) mass is 377 g/mol. The maximum Gasteiger partial charge on any atom is 0.253 e. The largest absolute Gasteiger partial charge is 0.339 e. The summed E-state index contributed by atoms with van der Waals surface area (Å²) in [6, 6.07) is 21.1. The van der Waals surface area contributed by atoms with Crippen molar-refractivity contribution in [3.05, 3.63) is 71.8 Å². The number of nitrogens with one attached hydrogen (secondary N) is 1. The predicted molar refractivity (Wildman–Crippen MR) is 114 cm³/mol. The lowest BCUT2D eigenvalue weighted by molar-refractivity contribution is 0.0704. The van der Waals surface area contributed by atoms with Gasteiger partial charge in [0.15, 0.2) is 0 Å². The van der Waals surface area contributed by atoms with Crippen LogP contribution in [-0.4, -0.2) is 61.0 Å². The van der Waals surface area contributed by atoms with Crippen molar-refractivity contribution in [3.8, 4) is 0 Å². The van der Waals surface area contributed by atoms with E-state index >= 15 is 0 Å². The van der Waals surface area contributed by atoms with Crippen LogP contribution >= 0.6 is 0 Å². The van der Waals surface area contributed by atoms with Gasteiger partial charge in [0.05, 0.1) is 0 Å². The number of hydrogen-bond acceptors (Lipinski definition) is 3. The Bertz CT molecular complexity index is 741. The van der Waals surface area contributed by atoms with Crippen LogP contribution in [-0.2, 0) is 0 Å². The highest BCUT2D eigenvalue weighted by Crippen LogP contribution is 2.26. The van der Waals surface area contributed by atoms with Crippen LogP contribution in [0.3, 0.4) is 0 Å². The molecule has 2 heterocycles. The zero-order chi connectivity index (χ0) is 19.2. The van der Waals surface area contributed by atoms with Crippen molar-refractivity contribution in [3.63, 3.8) is 0 Å². The highest BCUT2D eigenvalue weighted by Gasteiger charge is 2.25. The summed E-state index contributed by atoms with van der Waals surface area (Å²) >= 11 is 0. The van der Waals surface area contributed by atoms with Crippen molar-refractivity contribution < 1.29 is 4.79 Å². The smallest absolute Gasteiger partial charge is 0.253 e. The SMILES string of the molecule is O=C(c1ccccc1)N1CCC(NCCN2CCC(c3ccccc3)C2)CC1. The van der Waals surface area contributed by atoms with Crippen LogP contribution in [0.5, 0.6) is 0 Å². The summed E-state index contributed by atoms with van der Waals surface area (Å²) in [4.78, 5) is 17.1. The van der Waals surface area contributed by atoms with E-state index < -0.39 is 0 Å². The molecule has 2 aromatic rings. The van der Waals surface area contributed by atoms with Crippen molar-refractivity contribution in [2.75, 3.05) is 39.3 Å². The second-order valence-electron chi connectivity index (χ2n) is 8.08. The molecular weight excluding hydrogens is 346 g/mol. The van der Waals surface area contributed by atoms with Crippen molar-refractivity contribution in [2.45, 2.75) is 31.2 Å². The number of carbonyl (C=O) groups is 1. The van der Waals surface area contributed by atoms with E-state index in [0.29, 0.717) is 12.0 Å². The molecule has 1 unspecified atom stereocenters. The zero-order valence-electron chi connectivity index (χ0n) is 16.6. The van der Waals surface area contributed by atoms with Gasteiger partial charge in [0, 0.05) is 44.3 Å². The zero-order valence-corrected chi connectivity index (χ0v) is 16.6. The Morgan fingerprint density at radius 3 is 2.29 bits per heavy atom. The minimum atomic E-state index is 0.170. The Kier molecular flexibility index (Phi) is 6.40. The number of likely N-dealkylation sites (tertiary alicyclic amines) is 2. The molecule has 1 amide bonds. The molecule has 1 atom stereocenters. The van der Waals surface area contributed by atoms with Gasteiger partial charge in [-0.15, -0.1) is 0 Å². The Hall–Kier alpha value is -2.17. The first-order valence-electron chi connectivity index (χ1n) is 10.6. The Balaban J connectivity index is 1.15. The lowest BCUT2D eigenvalue weighted by Crippen LogP contribution is -2.46. The molecule has 148 valence electrons. The third-order valence-corrected chi connectivity index (χ3v) is 6.21. The van der Waals surface area contributed by atoms with Crippen molar-refractivity contribution >= 4 is 5.91 Å². The molecule has 2 fully saturated rings. The van der Waals surface area contributed by atoms with E-state index in [0.717, 1.165) is 44.6 Å². The lowest BCUT2D eigenvalue weighted by Gasteiger charge is -2.33. The van der Waals surface area contributed by atoms with Crippen molar-refractivity contribution in [1.29, 1.82) is 0 Å². The van der Waals surface area contributed by atoms with E-state index in [2.05, 4.69) is 40.5 Å². The van der Waals surface area contributed by atoms with Crippen molar-refractivity contribution in [1.82, 2.24) is 15.1 Å². The Labute approximate surface area is 168 Å². The van der Waals surface area contributed by atoms with E-state index in [4.69, 9.17) is 0 Å². The molecule has 2 saturated heterocycles. The van der Waals surface area contributed by atoms with Gasteiger partial charge in [0.1, 0.15) is 0 Å². The molecular formula is C24H31N3O. The first kappa shape index (κ1) is 19.2. The predicted octanol–water partition coefficient (Wildman–Crippen LogP) is 3.37. The first-order chi connectivity index (χ1) is 13.8. The molecule has 4 nitrogen and oxygen atoms in total. The number of rotatable bonds is 6. The van der Waals surface area contributed by atoms with Gasteiger partial charge in [-0.3, -0.25) is 4.79 Å². The maximum atomic E-state index is 12.5. The van der Waals surface area contributed by atoms with Crippen LogP contribution in [0.25, 0.3) is 0 Å². The van der Waals surface area contributed by atoms with Gasteiger partial charge in [-0.25, -0.2) is 0 Å². The van der Waals surface area contributed by atoms with Gasteiger partial charge in [-0.05, 0) is 49.4 Å². The minimum absolute atomic E-state index is 0.170. The Morgan fingerprint density at radius 2 is 1.57 bits per heavy atom. The summed E-state index contributed by atoms with van der Waals surface area (Å²) in [5.74, 6) is 0.858. The molecule has 0 aliphatic carbocycles. The van der Waals surface area contributed by atoms with E-state index in [9.17, 15) is 4.79 Å². The maximum absolute atomic E-state index is 12.5. The van der Waals surface area contributed by atoms with Gasteiger partial charge in [-0.2, -0.15) is 0 Å². The van der Waals surface area contributed by atoms with Crippen molar-refractivity contribution in [2.24, 2.45) is 0 Å². The summed E-state index contributed by atoms with van der Waals surface area (Å²) < 4.78 is 0. The van der Waals surface area contributed by atoms with Gasteiger partial charge < -0.3 is 15.1 Å². The topological polar surface area (TPSA) is 35.6 Å². The normalized spacial score (nSPS) is 21.1. The van der Waals surface area contributed by atoms with E-state index in [1.165, 1.54) is 25.1 Å². The quantitative estimate of drug-likeness (QED) is 0.838. The minimum Gasteiger partial charge on any atom is -0.339 e. The fourth-order valence-corrected chi connectivity index (χ4v) is 4.51. The molecule has 0 radical (unpaired) electrons. The average molecular weight is 378 g/mol. The molecule has 0 saturated carbocycles. The Morgan fingerprint density at radius 1 is 0.893 bits per heavy atom. The fourth-order valence-electron chi connectivity index (χ4n) is 4.51. The van der Waals surface area contributed by atoms with Gasteiger partial charge in [0.25, 0.3) is 5.91 Å². The number of carbonyl (C=O) groups excluding carboxylic acids is 1. The number of amides is 1. The molecule has 4 rings (SSSR count). The molecule has 2 aliphatic rings. The van der Waals surface area contributed by atoms with Crippen LogP contribution in [0, 0.1) is 0 Å². The van der Waals surface area contributed by atoms with Crippen LogP contribution in [0.1, 0.15) is 41.1 Å². The van der Waals surface area contributed by atoms with Crippen LogP contribution < -0.4 is 5.32 Å². The summed E-state index contributed by atoms with van der Waals surface area (Å²) in [5, 5.41) is 3.72. The second kappa shape index (κ2) is 9.35. The van der Waals surface area contributed by atoms with Crippen LogP contribution in [0.15, 0.2) is 60.7 Å². The number of piperidine rings is 1. The fraction of sp³-hybridized carbons (Fsp3) is 0.458. The molecule has 2 aromatic carbocycles.